The number of anilines is 1. The van der Waals surface area contributed by atoms with Gasteiger partial charge in [-0.15, -0.1) is 0 Å². The van der Waals surface area contributed by atoms with E-state index < -0.39 is 0 Å². The molecule has 70 valence electrons. The lowest BCUT2D eigenvalue weighted by molar-refractivity contribution is 0.501. The molecule has 3 heteroatoms. The Balaban J connectivity index is 2.15. The van der Waals surface area contributed by atoms with Crippen molar-refractivity contribution in [3.8, 4) is 0 Å². The number of hydrogen-bond donors (Lipinski definition) is 1. The average Bonchev–Trinajstić information content (AvgIpc) is 2.20. The zero-order valence-corrected chi connectivity index (χ0v) is 7.90. The molecule has 1 aromatic rings. The van der Waals surface area contributed by atoms with Gasteiger partial charge in [0.15, 0.2) is 0 Å². The van der Waals surface area contributed by atoms with Crippen molar-refractivity contribution >= 4 is 5.69 Å². The first-order valence-corrected chi connectivity index (χ1v) is 4.75. The van der Waals surface area contributed by atoms with Gasteiger partial charge in [0.05, 0.1) is 0 Å². The lowest BCUT2D eigenvalue weighted by Crippen LogP contribution is -2.49. The Hall–Kier alpha value is -1.09. The minimum atomic E-state index is 0.580. The molecular weight excluding hydrogens is 162 g/mol. The first-order chi connectivity index (χ1) is 6.38. The summed E-state index contributed by atoms with van der Waals surface area (Å²) in [6.07, 6.45) is 3.70. The molecule has 2 heterocycles. The molecule has 0 aliphatic carbocycles. The van der Waals surface area contributed by atoms with Gasteiger partial charge < -0.3 is 10.2 Å². The molecular formula is C10H15N3. The number of hydrogen-bond acceptors (Lipinski definition) is 3. The number of nitrogens with one attached hydrogen (secondary N) is 1. The van der Waals surface area contributed by atoms with Crippen molar-refractivity contribution in [3.05, 3.63) is 24.5 Å². The molecule has 1 atom stereocenters. The van der Waals surface area contributed by atoms with E-state index in [0.29, 0.717) is 6.04 Å². The van der Waals surface area contributed by atoms with Gasteiger partial charge in [-0.25, -0.2) is 0 Å². The third-order valence-electron chi connectivity index (χ3n) is 2.50. The summed E-state index contributed by atoms with van der Waals surface area (Å²) in [5.41, 5.74) is 1.28. The maximum atomic E-state index is 4.02. The van der Waals surface area contributed by atoms with Crippen LogP contribution in [0.1, 0.15) is 6.92 Å². The van der Waals surface area contributed by atoms with Crippen LogP contribution in [-0.2, 0) is 0 Å². The Kier molecular flexibility index (Phi) is 2.45. The Labute approximate surface area is 78.8 Å². The van der Waals surface area contributed by atoms with E-state index in [1.165, 1.54) is 5.69 Å². The zero-order valence-electron chi connectivity index (χ0n) is 7.90. The van der Waals surface area contributed by atoms with Gasteiger partial charge in [-0.3, -0.25) is 4.98 Å². The van der Waals surface area contributed by atoms with Crippen LogP contribution < -0.4 is 10.2 Å². The van der Waals surface area contributed by atoms with Crippen molar-refractivity contribution < 1.29 is 0 Å². The van der Waals surface area contributed by atoms with Crippen LogP contribution in [0.2, 0.25) is 0 Å². The van der Waals surface area contributed by atoms with E-state index in [-0.39, 0.29) is 0 Å². The second-order valence-electron chi connectivity index (χ2n) is 3.45. The second-order valence-corrected chi connectivity index (χ2v) is 3.45. The monoisotopic (exact) mass is 177 g/mol. The largest absolute Gasteiger partial charge is 0.366 e. The Morgan fingerprint density at radius 2 is 2.23 bits per heavy atom. The SMILES string of the molecule is CC1CNCCN1c1ccncc1. The highest BCUT2D eigenvalue weighted by atomic mass is 15.2. The smallest absolute Gasteiger partial charge is 0.0400 e. The Morgan fingerprint density at radius 3 is 2.92 bits per heavy atom. The highest BCUT2D eigenvalue weighted by Gasteiger charge is 2.17. The standard InChI is InChI=1S/C10H15N3/c1-9-8-12-6-7-13(9)10-2-4-11-5-3-10/h2-5,9,12H,6-8H2,1H3. The van der Waals surface area contributed by atoms with Crippen molar-refractivity contribution in [2.45, 2.75) is 13.0 Å². The molecule has 0 aromatic carbocycles. The highest BCUT2D eigenvalue weighted by Crippen LogP contribution is 2.16. The van der Waals surface area contributed by atoms with E-state index in [0.717, 1.165) is 19.6 Å². The number of aromatic nitrogens is 1. The zero-order chi connectivity index (χ0) is 9.10. The van der Waals surface area contributed by atoms with Gasteiger partial charge in [0.25, 0.3) is 0 Å². The Bertz CT molecular complexity index is 260. The molecule has 3 nitrogen and oxygen atoms in total. The van der Waals surface area contributed by atoms with Crippen LogP contribution in [0.25, 0.3) is 0 Å². The van der Waals surface area contributed by atoms with Crippen LogP contribution >= 0.6 is 0 Å². The molecule has 1 aliphatic rings. The average molecular weight is 177 g/mol. The van der Waals surface area contributed by atoms with Crippen molar-refractivity contribution in [1.29, 1.82) is 0 Å². The molecule has 1 fully saturated rings. The minimum Gasteiger partial charge on any atom is -0.366 e. The fourth-order valence-electron chi connectivity index (χ4n) is 1.76. The lowest BCUT2D eigenvalue weighted by Gasteiger charge is -2.35. The maximum absolute atomic E-state index is 4.02. The first kappa shape index (κ1) is 8.51. The predicted octanol–water partition coefficient (Wildman–Crippen LogP) is 0.880. The van der Waals surface area contributed by atoms with Crippen LogP contribution in [0.5, 0.6) is 0 Å². The van der Waals surface area contributed by atoms with Crippen LogP contribution in [0.3, 0.4) is 0 Å². The molecule has 2 rings (SSSR count). The van der Waals surface area contributed by atoms with Crippen LogP contribution in [-0.4, -0.2) is 30.7 Å². The molecule has 1 N–H and O–H groups in total. The van der Waals surface area contributed by atoms with Gasteiger partial charge in [0.2, 0.25) is 0 Å². The molecule has 0 bridgehead atoms. The molecule has 0 spiro atoms. The van der Waals surface area contributed by atoms with Gasteiger partial charge >= 0.3 is 0 Å². The van der Waals surface area contributed by atoms with Gasteiger partial charge in [0, 0.05) is 43.8 Å². The number of nitrogens with zero attached hydrogens (tertiary/aromatic N) is 2. The topological polar surface area (TPSA) is 28.2 Å². The third kappa shape index (κ3) is 1.80. The minimum absolute atomic E-state index is 0.580. The fraction of sp³-hybridized carbons (Fsp3) is 0.500. The van der Waals surface area contributed by atoms with Gasteiger partial charge in [-0.1, -0.05) is 0 Å². The molecule has 1 aliphatic heterocycles. The quantitative estimate of drug-likeness (QED) is 0.690. The number of rotatable bonds is 1. The van der Waals surface area contributed by atoms with Gasteiger partial charge in [-0.2, -0.15) is 0 Å². The summed E-state index contributed by atoms with van der Waals surface area (Å²) in [7, 11) is 0. The summed E-state index contributed by atoms with van der Waals surface area (Å²) in [6.45, 7) is 5.48. The van der Waals surface area contributed by atoms with Crippen molar-refractivity contribution in [2.24, 2.45) is 0 Å². The van der Waals surface area contributed by atoms with Crippen molar-refractivity contribution in [3.63, 3.8) is 0 Å². The molecule has 1 unspecified atom stereocenters. The predicted molar refractivity (Wildman–Crippen MR) is 53.9 cm³/mol. The van der Waals surface area contributed by atoms with Crippen LogP contribution in [0, 0.1) is 0 Å². The van der Waals surface area contributed by atoms with Gasteiger partial charge in [0.1, 0.15) is 0 Å². The fourth-order valence-corrected chi connectivity index (χ4v) is 1.76. The summed E-state index contributed by atoms with van der Waals surface area (Å²) >= 11 is 0. The molecule has 1 aromatic heterocycles. The normalized spacial score (nSPS) is 23.2. The summed E-state index contributed by atoms with van der Waals surface area (Å²) in [5.74, 6) is 0. The summed E-state index contributed by atoms with van der Waals surface area (Å²) in [6, 6.07) is 4.72. The van der Waals surface area contributed by atoms with Crippen molar-refractivity contribution in [1.82, 2.24) is 10.3 Å². The van der Waals surface area contributed by atoms with Gasteiger partial charge in [-0.05, 0) is 19.1 Å². The van der Waals surface area contributed by atoms with E-state index in [4.69, 9.17) is 0 Å². The summed E-state index contributed by atoms with van der Waals surface area (Å²) in [4.78, 5) is 6.44. The van der Waals surface area contributed by atoms with Crippen LogP contribution in [0.4, 0.5) is 5.69 Å². The van der Waals surface area contributed by atoms with Crippen molar-refractivity contribution in [2.75, 3.05) is 24.5 Å². The molecule has 0 saturated carbocycles. The van der Waals surface area contributed by atoms with E-state index >= 15 is 0 Å². The maximum Gasteiger partial charge on any atom is 0.0400 e. The Morgan fingerprint density at radius 1 is 1.46 bits per heavy atom. The summed E-state index contributed by atoms with van der Waals surface area (Å²) in [5, 5.41) is 3.38. The third-order valence-corrected chi connectivity index (χ3v) is 2.50. The lowest BCUT2D eigenvalue weighted by atomic mass is 10.2. The second kappa shape index (κ2) is 3.75. The van der Waals surface area contributed by atoms with E-state index in [2.05, 4.69) is 34.3 Å². The van der Waals surface area contributed by atoms with Crippen LogP contribution in [0.15, 0.2) is 24.5 Å². The van der Waals surface area contributed by atoms with E-state index in [1.807, 2.05) is 12.4 Å². The molecule has 13 heavy (non-hydrogen) atoms. The highest BCUT2D eigenvalue weighted by molar-refractivity contribution is 5.46. The van der Waals surface area contributed by atoms with E-state index in [1.54, 1.807) is 0 Å². The summed E-state index contributed by atoms with van der Waals surface area (Å²) < 4.78 is 0. The molecule has 0 radical (unpaired) electrons. The molecule has 1 saturated heterocycles. The first-order valence-electron chi connectivity index (χ1n) is 4.75. The molecule has 0 amide bonds. The number of piperazine rings is 1. The van der Waals surface area contributed by atoms with E-state index in [9.17, 15) is 0 Å². The number of pyridine rings is 1.